The number of amides is 1. The van der Waals surface area contributed by atoms with Crippen LogP contribution in [0, 0.1) is 0 Å². The molecule has 0 spiro atoms. The van der Waals surface area contributed by atoms with Gasteiger partial charge in [0.1, 0.15) is 0 Å². The zero-order valence-electron chi connectivity index (χ0n) is 13.4. The van der Waals surface area contributed by atoms with Crippen molar-refractivity contribution in [2.24, 2.45) is 0 Å². The molecule has 0 bridgehead atoms. The molecule has 2 heterocycles. The third-order valence-electron chi connectivity index (χ3n) is 4.03. The molecule has 118 valence electrons. The molecule has 1 aromatic heterocycles. The van der Waals surface area contributed by atoms with Crippen molar-refractivity contribution >= 4 is 5.91 Å². The van der Waals surface area contributed by atoms with Crippen molar-refractivity contribution in [1.82, 2.24) is 20.0 Å². The monoisotopic (exact) mass is 294 g/mol. The number of hydrogen-bond donors (Lipinski definition) is 1. The van der Waals surface area contributed by atoms with Gasteiger partial charge in [0.15, 0.2) is 5.75 Å². The van der Waals surface area contributed by atoms with Crippen LogP contribution in [0.15, 0.2) is 6.20 Å². The molecule has 0 aliphatic carbocycles. The second kappa shape index (κ2) is 6.93. The van der Waals surface area contributed by atoms with Crippen LogP contribution in [0.1, 0.15) is 37.8 Å². The minimum Gasteiger partial charge on any atom is -0.493 e. The van der Waals surface area contributed by atoms with Gasteiger partial charge in [-0.25, -0.2) is 0 Å². The number of methoxy groups -OCH3 is 1. The van der Waals surface area contributed by atoms with E-state index in [1.807, 2.05) is 4.68 Å². The van der Waals surface area contributed by atoms with Crippen molar-refractivity contribution < 1.29 is 9.53 Å². The minimum atomic E-state index is -0.117. The van der Waals surface area contributed by atoms with Crippen LogP contribution in [0.2, 0.25) is 0 Å². The number of carbonyl (C=O) groups excluding carboxylic acids is 1. The Morgan fingerprint density at radius 3 is 2.95 bits per heavy atom. The lowest BCUT2D eigenvalue weighted by molar-refractivity contribution is -0.131. The number of nitrogens with one attached hydrogen (secondary N) is 1. The Balaban J connectivity index is 2.21. The number of piperidine rings is 1. The molecule has 2 rings (SSSR count). The van der Waals surface area contributed by atoms with Crippen LogP contribution < -0.4 is 10.1 Å². The summed E-state index contributed by atoms with van der Waals surface area (Å²) in [5.74, 6) is 1.29. The van der Waals surface area contributed by atoms with Gasteiger partial charge >= 0.3 is 0 Å². The van der Waals surface area contributed by atoms with Gasteiger partial charge in [-0.15, -0.1) is 0 Å². The molecule has 1 aliphatic rings. The molecule has 21 heavy (non-hydrogen) atoms. The molecule has 1 aromatic rings. The van der Waals surface area contributed by atoms with Crippen molar-refractivity contribution in [1.29, 1.82) is 0 Å². The molecule has 0 aromatic carbocycles. The number of nitrogens with zero attached hydrogens (tertiary/aromatic N) is 3. The Morgan fingerprint density at radius 2 is 2.33 bits per heavy atom. The van der Waals surface area contributed by atoms with Gasteiger partial charge in [-0.1, -0.05) is 6.92 Å². The Hall–Kier alpha value is -1.56. The number of aromatic nitrogens is 2. The van der Waals surface area contributed by atoms with Crippen molar-refractivity contribution in [3.63, 3.8) is 0 Å². The molecule has 1 amide bonds. The molecule has 1 saturated heterocycles. The summed E-state index contributed by atoms with van der Waals surface area (Å²) in [6, 6.07) is -0.117. The standard InChI is InChI=1S/C15H26N4O2/c1-5-8-19-14(13(21-4)10-17-19)11-6-7-16-12(9-11)15(20)18(2)3/h10-12,16H,5-9H2,1-4H3. The van der Waals surface area contributed by atoms with Crippen LogP contribution in [0.25, 0.3) is 0 Å². The van der Waals surface area contributed by atoms with E-state index in [1.165, 1.54) is 0 Å². The first-order chi connectivity index (χ1) is 10.1. The lowest BCUT2D eigenvalue weighted by Gasteiger charge is -2.31. The first kappa shape index (κ1) is 15.8. The predicted molar refractivity (Wildman–Crippen MR) is 81.5 cm³/mol. The maximum atomic E-state index is 12.2. The predicted octanol–water partition coefficient (Wildman–Crippen LogP) is 1.23. The summed E-state index contributed by atoms with van der Waals surface area (Å²) in [6.07, 6.45) is 4.62. The molecule has 2 atom stereocenters. The Kier molecular flexibility index (Phi) is 5.22. The topological polar surface area (TPSA) is 59.4 Å². The maximum Gasteiger partial charge on any atom is 0.239 e. The average Bonchev–Trinajstić information content (AvgIpc) is 2.89. The third kappa shape index (κ3) is 3.37. The van der Waals surface area contributed by atoms with E-state index in [2.05, 4.69) is 17.3 Å². The van der Waals surface area contributed by atoms with Gasteiger partial charge in [0.05, 0.1) is 25.0 Å². The number of carbonyl (C=O) groups is 1. The molecule has 1 fully saturated rings. The summed E-state index contributed by atoms with van der Waals surface area (Å²) >= 11 is 0. The van der Waals surface area contributed by atoms with Gasteiger partial charge in [0.2, 0.25) is 5.91 Å². The molecule has 1 N–H and O–H groups in total. The van der Waals surface area contributed by atoms with E-state index in [-0.39, 0.29) is 11.9 Å². The highest BCUT2D eigenvalue weighted by atomic mass is 16.5. The van der Waals surface area contributed by atoms with Crippen LogP contribution in [0.4, 0.5) is 0 Å². The second-order valence-corrected chi connectivity index (χ2v) is 5.78. The van der Waals surface area contributed by atoms with Crippen molar-refractivity contribution in [3.8, 4) is 5.75 Å². The molecular weight excluding hydrogens is 268 g/mol. The summed E-state index contributed by atoms with van der Waals surface area (Å²) < 4.78 is 7.50. The molecule has 0 saturated carbocycles. The van der Waals surface area contributed by atoms with E-state index in [9.17, 15) is 4.79 Å². The van der Waals surface area contributed by atoms with E-state index in [1.54, 1.807) is 32.3 Å². The van der Waals surface area contributed by atoms with Gasteiger partial charge in [-0.2, -0.15) is 5.10 Å². The first-order valence-corrected chi connectivity index (χ1v) is 7.62. The zero-order valence-corrected chi connectivity index (χ0v) is 13.4. The van der Waals surface area contributed by atoms with Crippen LogP contribution in [0.5, 0.6) is 5.75 Å². The van der Waals surface area contributed by atoms with Crippen molar-refractivity contribution in [3.05, 3.63) is 11.9 Å². The SMILES string of the molecule is CCCn1ncc(OC)c1C1CCNC(C(=O)N(C)C)C1. The van der Waals surface area contributed by atoms with E-state index >= 15 is 0 Å². The van der Waals surface area contributed by atoms with Gasteiger partial charge < -0.3 is 15.0 Å². The number of likely N-dealkylation sites (N-methyl/N-ethyl adjacent to an activating group) is 1. The quantitative estimate of drug-likeness (QED) is 0.887. The van der Waals surface area contributed by atoms with Crippen LogP contribution in [-0.2, 0) is 11.3 Å². The van der Waals surface area contributed by atoms with Crippen LogP contribution in [0.3, 0.4) is 0 Å². The number of hydrogen-bond acceptors (Lipinski definition) is 4. The lowest BCUT2D eigenvalue weighted by atomic mass is 9.88. The maximum absolute atomic E-state index is 12.2. The van der Waals surface area contributed by atoms with Gasteiger partial charge in [0.25, 0.3) is 0 Å². The highest BCUT2D eigenvalue weighted by Gasteiger charge is 2.32. The fourth-order valence-corrected chi connectivity index (χ4v) is 3.00. The summed E-state index contributed by atoms with van der Waals surface area (Å²) in [4.78, 5) is 13.8. The number of ether oxygens (including phenoxy) is 1. The van der Waals surface area contributed by atoms with Crippen molar-refractivity contribution in [2.45, 2.75) is 44.7 Å². The fourth-order valence-electron chi connectivity index (χ4n) is 3.00. The number of aryl methyl sites for hydroxylation is 1. The fraction of sp³-hybridized carbons (Fsp3) is 0.733. The first-order valence-electron chi connectivity index (χ1n) is 7.62. The van der Waals surface area contributed by atoms with Gasteiger partial charge in [0, 0.05) is 26.6 Å². The van der Waals surface area contributed by atoms with E-state index in [0.717, 1.165) is 43.8 Å². The van der Waals surface area contributed by atoms with Crippen molar-refractivity contribution in [2.75, 3.05) is 27.7 Å². The molecule has 6 nitrogen and oxygen atoms in total. The summed E-state index contributed by atoms with van der Waals surface area (Å²) in [7, 11) is 5.28. The molecule has 6 heteroatoms. The smallest absolute Gasteiger partial charge is 0.239 e. The third-order valence-corrected chi connectivity index (χ3v) is 4.03. The zero-order chi connectivity index (χ0) is 15.4. The Bertz CT molecular complexity index is 484. The number of rotatable bonds is 5. The van der Waals surface area contributed by atoms with Crippen LogP contribution in [-0.4, -0.2) is 54.4 Å². The van der Waals surface area contributed by atoms with Crippen LogP contribution >= 0.6 is 0 Å². The van der Waals surface area contributed by atoms with E-state index < -0.39 is 0 Å². The highest BCUT2D eigenvalue weighted by Crippen LogP contribution is 2.34. The summed E-state index contributed by atoms with van der Waals surface area (Å²) in [5, 5.41) is 7.75. The Labute approximate surface area is 126 Å². The largest absolute Gasteiger partial charge is 0.493 e. The van der Waals surface area contributed by atoms with Gasteiger partial charge in [-0.05, 0) is 25.8 Å². The molecule has 1 aliphatic heterocycles. The van der Waals surface area contributed by atoms with E-state index in [0.29, 0.717) is 5.92 Å². The lowest BCUT2D eigenvalue weighted by Crippen LogP contribution is -2.48. The molecule has 0 radical (unpaired) electrons. The molecular formula is C15H26N4O2. The summed E-state index contributed by atoms with van der Waals surface area (Å²) in [5.41, 5.74) is 1.14. The molecule has 2 unspecified atom stereocenters. The van der Waals surface area contributed by atoms with Gasteiger partial charge in [-0.3, -0.25) is 9.48 Å². The minimum absolute atomic E-state index is 0.117. The average molecular weight is 294 g/mol. The second-order valence-electron chi connectivity index (χ2n) is 5.78. The summed E-state index contributed by atoms with van der Waals surface area (Å²) in [6.45, 7) is 3.86. The Morgan fingerprint density at radius 1 is 1.57 bits per heavy atom. The van der Waals surface area contributed by atoms with E-state index in [4.69, 9.17) is 4.74 Å². The highest BCUT2D eigenvalue weighted by molar-refractivity contribution is 5.81. The normalized spacial score (nSPS) is 22.1.